The molecule has 1 fully saturated rings. The number of hydrogen-bond donors (Lipinski definition) is 0. The summed E-state index contributed by atoms with van der Waals surface area (Å²) in [4.78, 5) is 34.2. The van der Waals surface area contributed by atoms with Crippen molar-refractivity contribution in [2.45, 2.75) is 19.4 Å². The van der Waals surface area contributed by atoms with E-state index in [0.29, 0.717) is 32.7 Å². The van der Waals surface area contributed by atoms with Crippen LogP contribution in [0.1, 0.15) is 37.3 Å². The van der Waals surface area contributed by atoms with E-state index in [9.17, 15) is 9.59 Å². The summed E-state index contributed by atoms with van der Waals surface area (Å²) in [6.45, 7) is 5.84. The highest BCUT2D eigenvalue weighted by Gasteiger charge is 2.33. The molecule has 5 nitrogen and oxygen atoms in total. The number of rotatable bonds is 4. The van der Waals surface area contributed by atoms with Gasteiger partial charge in [-0.25, -0.2) is 0 Å². The van der Waals surface area contributed by atoms with Gasteiger partial charge in [0.15, 0.2) is 0 Å². The third-order valence-electron chi connectivity index (χ3n) is 6.54. The maximum atomic E-state index is 13.3. The number of thiophene rings is 2. The monoisotopic (exact) mass is 465 g/mol. The first-order chi connectivity index (χ1) is 15.6. The molecule has 0 aliphatic carbocycles. The molecule has 166 valence electrons. The molecule has 5 rings (SSSR count). The van der Waals surface area contributed by atoms with Crippen LogP contribution in [0.25, 0.3) is 0 Å². The minimum Gasteiger partial charge on any atom is -0.338 e. The Morgan fingerprint density at radius 2 is 1.66 bits per heavy atom. The standard InChI is InChI=1S/C25H27N3O2S2/c1-18-5-2-3-6-19(18)24-20-9-16-32-21(20)8-10-28(24)17-23(29)26-11-13-27(14-12-26)25(30)22-7-4-15-31-22/h2-7,9,15-16,24H,8,10-14,17H2,1H3. The Morgan fingerprint density at radius 3 is 2.41 bits per heavy atom. The third-order valence-corrected chi connectivity index (χ3v) is 8.39. The summed E-state index contributed by atoms with van der Waals surface area (Å²) in [6.07, 6.45) is 0.992. The van der Waals surface area contributed by atoms with Crippen LogP contribution in [0, 0.1) is 6.92 Å². The van der Waals surface area contributed by atoms with Gasteiger partial charge in [-0.2, -0.15) is 0 Å². The molecule has 3 aromatic rings. The van der Waals surface area contributed by atoms with Crippen molar-refractivity contribution in [1.29, 1.82) is 0 Å². The van der Waals surface area contributed by atoms with Gasteiger partial charge in [0.05, 0.1) is 17.5 Å². The molecule has 0 saturated carbocycles. The fraction of sp³-hybridized carbons (Fsp3) is 0.360. The van der Waals surface area contributed by atoms with Crippen molar-refractivity contribution < 1.29 is 9.59 Å². The van der Waals surface area contributed by atoms with Crippen LogP contribution in [0.4, 0.5) is 0 Å². The number of nitrogens with zero attached hydrogens (tertiary/aromatic N) is 3. The molecule has 0 bridgehead atoms. The van der Waals surface area contributed by atoms with Crippen molar-refractivity contribution in [1.82, 2.24) is 14.7 Å². The lowest BCUT2D eigenvalue weighted by Gasteiger charge is -2.39. The smallest absolute Gasteiger partial charge is 0.264 e. The fourth-order valence-electron chi connectivity index (χ4n) is 4.79. The topological polar surface area (TPSA) is 43.9 Å². The first kappa shape index (κ1) is 21.4. The minimum atomic E-state index is 0.0766. The van der Waals surface area contributed by atoms with E-state index in [2.05, 4.69) is 47.5 Å². The largest absolute Gasteiger partial charge is 0.338 e. The lowest BCUT2D eigenvalue weighted by atomic mass is 9.90. The van der Waals surface area contributed by atoms with Gasteiger partial charge >= 0.3 is 0 Å². The number of amides is 2. The molecule has 1 unspecified atom stereocenters. The lowest BCUT2D eigenvalue weighted by Crippen LogP contribution is -2.53. The van der Waals surface area contributed by atoms with Crippen LogP contribution in [-0.4, -0.2) is 65.8 Å². The number of hydrogen-bond acceptors (Lipinski definition) is 5. The number of aryl methyl sites for hydroxylation is 1. The summed E-state index contributed by atoms with van der Waals surface area (Å²) in [6, 6.07) is 14.6. The second-order valence-electron chi connectivity index (χ2n) is 8.43. The number of fused-ring (bicyclic) bond motifs is 1. The van der Waals surface area contributed by atoms with Crippen molar-refractivity contribution in [2.75, 3.05) is 39.3 Å². The van der Waals surface area contributed by atoms with Crippen molar-refractivity contribution in [2.24, 2.45) is 0 Å². The first-order valence-corrected chi connectivity index (χ1v) is 12.8. The fourth-order valence-corrected chi connectivity index (χ4v) is 6.38. The molecule has 1 atom stereocenters. The summed E-state index contributed by atoms with van der Waals surface area (Å²) >= 11 is 3.29. The Hall–Kier alpha value is -2.48. The van der Waals surface area contributed by atoms with Crippen LogP contribution in [-0.2, 0) is 11.2 Å². The van der Waals surface area contributed by atoms with E-state index in [1.807, 2.05) is 38.6 Å². The SMILES string of the molecule is Cc1ccccc1C1c2ccsc2CCN1CC(=O)N1CCN(C(=O)c2cccs2)CC1. The molecule has 4 heterocycles. The molecule has 2 aliphatic heterocycles. The van der Waals surface area contributed by atoms with Crippen LogP contribution in [0.5, 0.6) is 0 Å². The van der Waals surface area contributed by atoms with Crippen molar-refractivity contribution in [3.05, 3.63) is 79.7 Å². The molecular weight excluding hydrogens is 438 g/mol. The number of carbonyl (C=O) groups is 2. The molecule has 0 radical (unpaired) electrons. The van der Waals surface area contributed by atoms with Gasteiger partial charge in [-0.1, -0.05) is 30.3 Å². The molecule has 1 saturated heterocycles. The molecule has 2 amide bonds. The molecule has 32 heavy (non-hydrogen) atoms. The van der Waals surface area contributed by atoms with Crippen LogP contribution < -0.4 is 0 Å². The molecule has 2 aliphatic rings. The number of benzene rings is 1. The molecule has 0 spiro atoms. The average molecular weight is 466 g/mol. The van der Waals surface area contributed by atoms with E-state index in [-0.39, 0.29) is 17.9 Å². The van der Waals surface area contributed by atoms with Crippen molar-refractivity contribution in [3.8, 4) is 0 Å². The highest BCUT2D eigenvalue weighted by molar-refractivity contribution is 7.12. The van der Waals surface area contributed by atoms with Gasteiger partial charge in [-0.15, -0.1) is 22.7 Å². The number of carbonyl (C=O) groups excluding carboxylic acids is 2. The summed E-state index contributed by atoms with van der Waals surface area (Å²) in [7, 11) is 0. The van der Waals surface area contributed by atoms with Gasteiger partial charge in [-0.3, -0.25) is 14.5 Å². The predicted octanol–water partition coefficient (Wildman–Crippen LogP) is 4.05. The molecular formula is C25H27N3O2S2. The second kappa shape index (κ2) is 9.17. The van der Waals surface area contributed by atoms with Crippen molar-refractivity contribution in [3.63, 3.8) is 0 Å². The predicted molar refractivity (Wildman–Crippen MR) is 129 cm³/mol. The van der Waals surface area contributed by atoms with Crippen LogP contribution in [0.2, 0.25) is 0 Å². The van der Waals surface area contributed by atoms with Crippen LogP contribution in [0.3, 0.4) is 0 Å². The molecule has 2 aromatic heterocycles. The highest BCUT2D eigenvalue weighted by Crippen LogP contribution is 2.38. The Labute approximate surface area is 196 Å². The maximum absolute atomic E-state index is 13.3. The van der Waals surface area contributed by atoms with Gasteiger partial charge in [0.1, 0.15) is 0 Å². The van der Waals surface area contributed by atoms with Gasteiger partial charge in [0, 0.05) is 37.6 Å². The Morgan fingerprint density at radius 1 is 0.875 bits per heavy atom. The maximum Gasteiger partial charge on any atom is 0.264 e. The van der Waals surface area contributed by atoms with Crippen LogP contribution in [0.15, 0.2) is 53.2 Å². The highest BCUT2D eigenvalue weighted by atomic mass is 32.1. The normalized spacial score (nSPS) is 19.1. The van der Waals surface area contributed by atoms with Crippen molar-refractivity contribution >= 4 is 34.5 Å². The van der Waals surface area contributed by atoms with Gasteiger partial charge in [-0.05, 0) is 52.9 Å². The van der Waals surface area contributed by atoms with E-state index in [1.165, 1.54) is 32.9 Å². The zero-order chi connectivity index (χ0) is 22.1. The quantitative estimate of drug-likeness (QED) is 0.584. The average Bonchev–Trinajstić information content (AvgIpc) is 3.51. The Balaban J connectivity index is 1.28. The van der Waals surface area contributed by atoms with Gasteiger partial charge in [0.2, 0.25) is 5.91 Å². The van der Waals surface area contributed by atoms with Gasteiger partial charge in [0.25, 0.3) is 5.91 Å². The summed E-state index contributed by atoms with van der Waals surface area (Å²) in [5.74, 6) is 0.234. The van der Waals surface area contributed by atoms with E-state index in [1.54, 1.807) is 0 Å². The molecule has 0 N–H and O–H groups in total. The lowest BCUT2D eigenvalue weighted by molar-refractivity contribution is -0.134. The zero-order valence-electron chi connectivity index (χ0n) is 18.2. The zero-order valence-corrected chi connectivity index (χ0v) is 19.8. The van der Waals surface area contributed by atoms with E-state index >= 15 is 0 Å². The Kier molecular flexibility index (Phi) is 6.13. The van der Waals surface area contributed by atoms with E-state index in [4.69, 9.17) is 0 Å². The van der Waals surface area contributed by atoms with E-state index in [0.717, 1.165) is 17.8 Å². The second-order valence-corrected chi connectivity index (χ2v) is 10.4. The van der Waals surface area contributed by atoms with Crippen LogP contribution >= 0.6 is 22.7 Å². The molecule has 1 aromatic carbocycles. The minimum absolute atomic E-state index is 0.0766. The summed E-state index contributed by atoms with van der Waals surface area (Å²) in [5, 5.41) is 4.10. The molecule has 7 heteroatoms. The summed E-state index contributed by atoms with van der Waals surface area (Å²) in [5.41, 5.74) is 3.88. The summed E-state index contributed by atoms with van der Waals surface area (Å²) < 4.78 is 0. The van der Waals surface area contributed by atoms with Gasteiger partial charge < -0.3 is 9.80 Å². The van der Waals surface area contributed by atoms with E-state index < -0.39 is 0 Å². The Bertz CT molecular complexity index is 1100. The first-order valence-electron chi connectivity index (χ1n) is 11.1. The number of piperazine rings is 1. The third kappa shape index (κ3) is 4.12.